The summed E-state index contributed by atoms with van der Waals surface area (Å²) in [5, 5.41) is 1.13. The first-order valence-electron chi connectivity index (χ1n) is 6.26. The topological polar surface area (TPSA) is 35.5 Å². The molecular weight excluding hydrogens is 350 g/mol. The summed E-state index contributed by atoms with van der Waals surface area (Å²) in [5.41, 5.74) is 0. The molecule has 0 spiro atoms. The van der Waals surface area contributed by atoms with Gasteiger partial charge in [-0.15, -0.1) is 0 Å². The number of allylic oxidation sites excluding steroid dienone is 4. The van der Waals surface area contributed by atoms with Gasteiger partial charge < -0.3 is 4.52 Å². The summed E-state index contributed by atoms with van der Waals surface area (Å²) < 4.78 is 24.0. The van der Waals surface area contributed by atoms with Crippen LogP contribution in [-0.4, -0.2) is 11.5 Å². The van der Waals surface area contributed by atoms with E-state index in [1.165, 1.54) is 6.07 Å². The van der Waals surface area contributed by atoms with Crippen molar-refractivity contribution in [2.45, 2.75) is 13.3 Å². The van der Waals surface area contributed by atoms with Gasteiger partial charge in [-0.1, -0.05) is 47.6 Å². The second kappa shape index (κ2) is 7.08. The van der Waals surface area contributed by atoms with Crippen LogP contribution in [0.5, 0.6) is 5.75 Å². The lowest BCUT2D eigenvalue weighted by Crippen LogP contribution is -2.09. The third-order valence-corrected chi connectivity index (χ3v) is 5.80. The molecular formula is C14H13Cl2O3PS. The molecule has 112 valence electrons. The van der Waals surface area contributed by atoms with E-state index in [1.807, 2.05) is 6.08 Å². The van der Waals surface area contributed by atoms with Crippen molar-refractivity contribution in [3.05, 3.63) is 51.8 Å². The zero-order valence-corrected chi connectivity index (χ0v) is 14.4. The van der Waals surface area contributed by atoms with Crippen molar-refractivity contribution in [1.82, 2.24) is 0 Å². The minimum atomic E-state index is -3.57. The highest BCUT2D eigenvalue weighted by atomic mass is 35.5. The summed E-state index contributed by atoms with van der Waals surface area (Å²) in [6.45, 7) is 1.97. The first-order valence-corrected chi connectivity index (χ1v) is 8.97. The summed E-state index contributed by atoms with van der Waals surface area (Å²) in [6.07, 6.45) is 5.86. The van der Waals surface area contributed by atoms with Gasteiger partial charge in [-0.2, -0.15) is 0 Å². The Hall–Kier alpha value is -0.640. The second-order valence-corrected chi connectivity index (χ2v) is 7.44. The van der Waals surface area contributed by atoms with Crippen LogP contribution in [0.15, 0.2) is 41.7 Å². The lowest BCUT2D eigenvalue weighted by molar-refractivity contribution is 0.287. The Morgan fingerprint density at radius 3 is 2.76 bits per heavy atom. The molecule has 1 aliphatic rings. The number of thiocarbonyl (C=S) groups is 1. The molecule has 0 N–H and O–H groups in total. The zero-order chi connectivity index (χ0) is 15.5. The third kappa shape index (κ3) is 3.97. The average molecular weight is 363 g/mol. The molecule has 0 fully saturated rings. The molecule has 21 heavy (non-hydrogen) atoms. The Morgan fingerprint density at radius 2 is 2.14 bits per heavy atom. The monoisotopic (exact) mass is 362 g/mol. The lowest BCUT2D eigenvalue weighted by Gasteiger charge is -2.23. The number of halogens is 2. The molecule has 0 saturated heterocycles. The number of benzene rings is 1. The molecule has 1 aromatic rings. The van der Waals surface area contributed by atoms with E-state index in [1.54, 1.807) is 31.2 Å². The number of rotatable bonds is 5. The normalized spacial score (nSPS) is 17.3. The molecule has 1 aliphatic carbocycles. The van der Waals surface area contributed by atoms with E-state index >= 15 is 0 Å². The first kappa shape index (κ1) is 16.7. The maximum Gasteiger partial charge on any atom is 0.411 e. The maximum atomic E-state index is 13.1. The van der Waals surface area contributed by atoms with Crippen LogP contribution >= 0.6 is 43.0 Å². The van der Waals surface area contributed by atoms with Crippen LogP contribution in [-0.2, 0) is 9.09 Å². The lowest BCUT2D eigenvalue weighted by atomic mass is 10.2. The van der Waals surface area contributed by atoms with Crippen LogP contribution in [0.3, 0.4) is 0 Å². The van der Waals surface area contributed by atoms with Crippen LogP contribution in [0.1, 0.15) is 13.3 Å². The maximum absolute atomic E-state index is 13.1. The largest absolute Gasteiger partial charge is 0.420 e. The Bertz CT molecular complexity index is 670. The minimum absolute atomic E-state index is 0.228. The molecule has 1 aromatic carbocycles. The van der Waals surface area contributed by atoms with Gasteiger partial charge in [-0.25, -0.2) is 4.57 Å². The molecule has 1 atom stereocenters. The summed E-state index contributed by atoms with van der Waals surface area (Å²) in [7, 11) is -3.57. The Kier molecular flexibility index (Phi) is 5.64. The molecule has 0 aliphatic heterocycles. The van der Waals surface area contributed by atoms with Gasteiger partial charge in [0.05, 0.1) is 16.9 Å². The fourth-order valence-corrected chi connectivity index (χ4v) is 4.48. The van der Waals surface area contributed by atoms with E-state index in [0.717, 1.165) is 0 Å². The van der Waals surface area contributed by atoms with Crippen LogP contribution in [0.4, 0.5) is 0 Å². The highest BCUT2D eigenvalue weighted by Crippen LogP contribution is 2.58. The van der Waals surface area contributed by atoms with E-state index < -0.39 is 7.60 Å². The van der Waals surface area contributed by atoms with E-state index in [-0.39, 0.29) is 17.4 Å². The van der Waals surface area contributed by atoms with Crippen molar-refractivity contribution in [2.24, 2.45) is 0 Å². The van der Waals surface area contributed by atoms with Crippen molar-refractivity contribution in [3.63, 3.8) is 0 Å². The van der Waals surface area contributed by atoms with Gasteiger partial charge in [0.2, 0.25) is 0 Å². The smallest absolute Gasteiger partial charge is 0.411 e. The number of hydrogen-bond donors (Lipinski definition) is 0. The first-order chi connectivity index (χ1) is 9.96. The van der Waals surface area contributed by atoms with Crippen molar-refractivity contribution < 1.29 is 13.6 Å². The van der Waals surface area contributed by atoms with E-state index in [9.17, 15) is 4.57 Å². The SMILES string of the molecule is CCOP(=O)(Oc1ccc(Cl)cc1Cl)C1=CC=CCC1=S. The summed E-state index contributed by atoms with van der Waals surface area (Å²) in [4.78, 5) is 0.541. The molecule has 0 bridgehead atoms. The fraction of sp³-hybridized carbons (Fsp3) is 0.214. The molecule has 0 heterocycles. The molecule has 2 rings (SSSR count). The molecule has 0 radical (unpaired) electrons. The molecule has 0 aromatic heterocycles. The zero-order valence-electron chi connectivity index (χ0n) is 11.2. The van der Waals surface area contributed by atoms with Crippen molar-refractivity contribution in [3.8, 4) is 5.75 Å². The molecule has 0 amide bonds. The Labute approximate surface area is 139 Å². The van der Waals surface area contributed by atoms with Crippen LogP contribution in [0.2, 0.25) is 10.0 Å². The van der Waals surface area contributed by atoms with Gasteiger partial charge in [0.25, 0.3) is 0 Å². The fourth-order valence-electron chi connectivity index (χ4n) is 1.77. The van der Waals surface area contributed by atoms with Gasteiger partial charge >= 0.3 is 7.60 Å². The van der Waals surface area contributed by atoms with E-state index in [0.29, 0.717) is 21.6 Å². The van der Waals surface area contributed by atoms with Gasteiger partial charge in [0.1, 0.15) is 5.75 Å². The highest BCUT2D eigenvalue weighted by molar-refractivity contribution is 7.82. The molecule has 0 saturated carbocycles. The van der Waals surface area contributed by atoms with Gasteiger partial charge in [-0.3, -0.25) is 4.52 Å². The minimum Gasteiger partial charge on any atom is -0.420 e. The van der Waals surface area contributed by atoms with Gasteiger partial charge in [0.15, 0.2) is 0 Å². The molecule has 3 nitrogen and oxygen atoms in total. The van der Waals surface area contributed by atoms with Gasteiger partial charge in [0, 0.05) is 16.3 Å². The summed E-state index contributed by atoms with van der Waals surface area (Å²) >= 11 is 17.2. The average Bonchev–Trinajstić information content (AvgIpc) is 2.43. The quantitative estimate of drug-likeness (QED) is 0.488. The third-order valence-electron chi connectivity index (χ3n) is 2.69. The summed E-state index contributed by atoms with van der Waals surface area (Å²) in [6, 6.07) is 4.67. The predicted octanol–water partition coefficient (Wildman–Crippen LogP) is 5.82. The van der Waals surface area contributed by atoms with Crippen LogP contribution in [0, 0.1) is 0 Å². The Morgan fingerprint density at radius 1 is 1.38 bits per heavy atom. The molecule has 1 unspecified atom stereocenters. The standard InChI is InChI=1S/C14H13Cl2O3PS/c1-2-18-20(17,13-5-3-4-6-14(13)21)19-12-8-7-10(15)9-11(12)16/h3-5,7-9H,2,6H2,1H3. The Balaban J connectivity index is 2.38. The van der Waals surface area contributed by atoms with Gasteiger partial charge in [-0.05, 0) is 31.2 Å². The van der Waals surface area contributed by atoms with Crippen LogP contribution < -0.4 is 4.52 Å². The van der Waals surface area contributed by atoms with Crippen molar-refractivity contribution in [1.29, 1.82) is 0 Å². The van der Waals surface area contributed by atoms with E-state index in [2.05, 4.69) is 0 Å². The van der Waals surface area contributed by atoms with Crippen LogP contribution in [0.25, 0.3) is 0 Å². The summed E-state index contributed by atoms with van der Waals surface area (Å²) in [5.74, 6) is 0.246. The number of hydrogen-bond acceptors (Lipinski definition) is 4. The predicted molar refractivity (Wildman–Crippen MR) is 90.8 cm³/mol. The highest BCUT2D eigenvalue weighted by Gasteiger charge is 2.35. The van der Waals surface area contributed by atoms with Crippen molar-refractivity contribution in [2.75, 3.05) is 6.61 Å². The second-order valence-electron chi connectivity index (χ2n) is 4.19. The molecule has 7 heteroatoms. The van der Waals surface area contributed by atoms with E-state index in [4.69, 9.17) is 44.5 Å². The van der Waals surface area contributed by atoms with Crippen molar-refractivity contribution >= 4 is 47.9 Å².